The molecule has 0 aromatic heterocycles. The van der Waals surface area contributed by atoms with Gasteiger partial charge in [-0.2, -0.15) is 0 Å². The molecular weight excluding hydrogens is 376 g/mol. The predicted octanol–water partition coefficient (Wildman–Crippen LogP) is 1.56. The number of sulfonamides is 1. The summed E-state index contributed by atoms with van der Waals surface area (Å²) in [5, 5.41) is 3.00. The zero-order valence-electron chi connectivity index (χ0n) is 15.3. The summed E-state index contributed by atoms with van der Waals surface area (Å²) in [5.41, 5.74) is 5.94. The number of nitrogens with one attached hydrogen (secondary N) is 2. The number of halogens is 1. The van der Waals surface area contributed by atoms with E-state index in [4.69, 9.17) is 5.73 Å². The summed E-state index contributed by atoms with van der Waals surface area (Å²) in [5.74, 6) is 0.145. The Hall–Kier alpha value is -1.64. The first-order valence-corrected chi connectivity index (χ1v) is 9.96. The Morgan fingerprint density at radius 1 is 1.31 bits per heavy atom. The van der Waals surface area contributed by atoms with E-state index in [0.29, 0.717) is 12.1 Å². The molecule has 4 N–H and O–H groups in total. The summed E-state index contributed by atoms with van der Waals surface area (Å²) in [6.45, 7) is 6.14. The second kappa shape index (κ2) is 8.83. The lowest BCUT2D eigenvalue weighted by Gasteiger charge is -2.31. The molecule has 0 bridgehead atoms. The number of amides is 1. The maximum Gasteiger partial charge on any atom is 0.263 e. The molecule has 146 valence electrons. The van der Waals surface area contributed by atoms with Gasteiger partial charge in [0.25, 0.3) is 10.0 Å². The minimum absolute atomic E-state index is 0. The van der Waals surface area contributed by atoms with Crippen molar-refractivity contribution in [2.45, 2.75) is 56.5 Å². The molecule has 0 radical (unpaired) electrons. The van der Waals surface area contributed by atoms with Gasteiger partial charge >= 0.3 is 0 Å². The van der Waals surface area contributed by atoms with Crippen LogP contribution in [0.4, 0.5) is 0 Å². The van der Waals surface area contributed by atoms with Crippen LogP contribution in [0.2, 0.25) is 0 Å². The summed E-state index contributed by atoms with van der Waals surface area (Å²) in [6.07, 6.45) is 1.67. The molecule has 1 aromatic rings. The molecule has 0 fully saturated rings. The molecule has 0 spiro atoms. The summed E-state index contributed by atoms with van der Waals surface area (Å²) in [6, 6.07) is 6.29. The van der Waals surface area contributed by atoms with Crippen LogP contribution in [0.3, 0.4) is 0 Å². The van der Waals surface area contributed by atoms with Gasteiger partial charge in [0, 0.05) is 18.5 Å². The summed E-state index contributed by atoms with van der Waals surface area (Å²) in [4.78, 5) is 16.9. The summed E-state index contributed by atoms with van der Waals surface area (Å²) < 4.78 is 26.6. The summed E-state index contributed by atoms with van der Waals surface area (Å²) >= 11 is 0. The number of nitrogens with two attached hydrogens (primary N) is 1. The molecule has 1 aliphatic heterocycles. The second-order valence-electron chi connectivity index (χ2n) is 6.37. The number of hydrogen-bond acceptors (Lipinski definition) is 5. The van der Waals surface area contributed by atoms with Gasteiger partial charge < -0.3 is 11.1 Å². The minimum atomic E-state index is -3.57. The molecule has 1 amide bonds. The highest BCUT2D eigenvalue weighted by molar-refractivity contribution is 7.90. The van der Waals surface area contributed by atoms with E-state index in [0.717, 1.165) is 12.8 Å². The van der Waals surface area contributed by atoms with Crippen LogP contribution in [-0.4, -0.2) is 38.3 Å². The van der Waals surface area contributed by atoms with E-state index in [1.807, 2.05) is 13.8 Å². The van der Waals surface area contributed by atoms with E-state index in [9.17, 15) is 13.2 Å². The number of carbonyl (C=O) groups excluding carboxylic acids is 1. The average Bonchev–Trinajstić information content (AvgIpc) is 2.83. The van der Waals surface area contributed by atoms with Crippen LogP contribution in [-0.2, 0) is 14.8 Å². The first kappa shape index (κ1) is 22.4. The van der Waals surface area contributed by atoms with Crippen molar-refractivity contribution in [2.75, 3.05) is 6.54 Å². The molecule has 7 nitrogen and oxygen atoms in total. The Kier molecular flexibility index (Phi) is 7.61. The molecule has 1 heterocycles. The molecule has 1 aromatic carbocycles. The second-order valence-corrected chi connectivity index (χ2v) is 8.02. The SMILES string of the molecule is CCC(CC)(CN)NC(=O)CC(C)N=C1NS(=O)(=O)c2ccccc21.Cl. The van der Waals surface area contributed by atoms with Crippen molar-refractivity contribution < 1.29 is 13.2 Å². The molecule has 2 rings (SSSR count). The quantitative estimate of drug-likeness (QED) is 0.642. The molecule has 9 heteroatoms. The zero-order valence-corrected chi connectivity index (χ0v) is 16.9. The van der Waals surface area contributed by atoms with Gasteiger partial charge in [-0.25, -0.2) is 8.42 Å². The van der Waals surface area contributed by atoms with Crippen LogP contribution in [0, 0.1) is 0 Å². The molecule has 0 aliphatic carbocycles. The number of rotatable bonds is 7. The van der Waals surface area contributed by atoms with Crippen LogP contribution in [0.5, 0.6) is 0 Å². The smallest absolute Gasteiger partial charge is 0.263 e. The molecule has 0 saturated heterocycles. The number of aliphatic imine (C=N–C) groups is 1. The molecule has 1 unspecified atom stereocenters. The van der Waals surface area contributed by atoms with Gasteiger partial charge in [0.2, 0.25) is 5.91 Å². The lowest BCUT2D eigenvalue weighted by Crippen LogP contribution is -2.53. The Balaban J connectivity index is 0.00000338. The van der Waals surface area contributed by atoms with Crippen molar-refractivity contribution >= 4 is 34.2 Å². The lowest BCUT2D eigenvalue weighted by molar-refractivity contribution is -0.123. The van der Waals surface area contributed by atoms with Crippen LogP contribution in [0.25, 0.3) is 0 Å². The van der Waals surface area contributed by atoms with Gasteiger partial charge in [0.05, 0.1) is 16.5 Å². The zero-order chi connectivity index (χ0) is 18.7. The topological polar surface area (TPSA) is 114 Å². The molecule has 26 heavy (non-hydrogen) atoms. The normalized spacial score (nSPS) is 17.8. The van der Waals surface area contributed by atoms with E-state index >= 15 is 0 Å². The maximum absolute atomic E-state index is 12.3. The number of amidine groups is 1. The fraction of sp³-hybridized carbons (Fsp3) is 0.529. The number of carbonyl (C=O) groups is 1. The van der Waals surface area contributed by atoms with Gasteiger partial charge in [-0.15, -0.1) is 12.4 Å². The van der Waals surface area contributed by atoms with Crippen LogP contribution >= 0.6 is 12.4 Å². The fourth-order valence-corrected chi connectivity index (χ4v) is 4.12. The number of benzene rings is 1. The number of hydrogen-bond donors (Lipinski definition) is 3. The van der Waals surface area contributed by atoms with Gasteiger partial charge in [-0.05, 0) is 31.9 Å². The number of fused-ring (bicyclic) bond motifs is 1. The Bertz CT molecular complexity index is 768. The van der Waals surface area contributed by atoms with Crippen molar-refractivity contribution in [3.05, 3.63) is 29.8 Å². The molecule has 0 saturated carbocycles. The third-order valence-corrected chi connectivity index (χ3v) is 6.04. The first-order chi connectivity index (χ1) is 11.8. The van der Waals surface area contributed by atoms with E-state index < -0.39 is 15.6 Å². The molecular formula is C17H27ClN4O3S. The highest BCUT2D eigenvalue weighted by atomic mass is 35.5. The highest BCUT2D eigenvalue weighted by Crippen LogP contribution is 2.23. The van der Waals surface area contributed by atoms with Crippen molar-refractivity contribution in [3.63, 3.8) is 0 Å². The number of nitrogens with zero attached hydrogens (tertiary/aromatic N) is 1. The van der Waals surface area contributed by atoms with Crippen LogP contribution in [0.15, 0.2) is 34.2 Å². The minimum Gasteiger partial charge on any atom is -0.349 e. The monoisotopic (exact) mass is 402 g/mol. The van der Waals surface area contributed by atoms with Crippen molar-refractivity contribution in [1.29, 1.82) is 0 Å². The van der Waals surface area contributed by atoms with Gasteiger partial charge in [-0.3, -0.25) is 14.5 Å². The van der Waals surface area contributed by atoms with Crippen molar-refractivity contribution in [2.24, 2.45) is 10.7 Å². The molecule has 1 atom stereocenters. The highest BCUT2D eigenvalue weighted by Gasteiger charge is 2.31. The van der Waals surface area contributed by atoms with Crippen LogP contribution < -0.4 is 15.8 Å². The maximum atomic E-state index is 12.3. The van der Waals surface area contributed by atoms with Crippen molar-refractivity contribution in [3.8, 4) is 0 Å². The lowest BCUT2D eigenvalue weighted by atomic mass is 9.92. The van der Waals surface area contributed by atoms with E-state index in [-0.39, 0.29) is 41.5 Å². The third-order valence-electron chi connectivity index (χ3n) is 4.64. The van der Waals surface area contributed by atoms with E-state index in [2.05, 4.69) is 15.0 Å². The standard InChI is InChI=1S/C17H26N4O3S.ClH/c1-4-17(5-2,11-18)20-15(22)10-12(3)19-16-13-8-6-7-9-14(13)25(23,24)21-16;/h6-9,12H,4-5,10-11,18H2,1-3H3,(H,19,21)(H,20,22);1H. The first-order valence-electron chi connectivity index (χ1n) is 8.48. The van der Waals surface area contributed by atoms with E-state index in [1.165, 1.54) is 6.07 Å². The third kappa shape index (κ3) is 4.75. The van der Waals surface area contributed by atoms with Gasteiger partial charge in [-0.1, -0.05) is 26.0 Å². The van der Waals surface area contributed by atoms with Gasteiger partial charge in [0.15, 0.2) is 0 Å². The van der Waals surface area contributed by atoms with Crippen molar-refractivity contribution in [1.82, 2.24) is 10.0 Å². The Morgan fingerprint density at radius 2 is 1.92 bits per heavy atom. The largest absolute Gasteiger partial charge is 0.349 e. The summed E-state index contributed by atoms with van der Waals surface area (Å²) in [7, 11) is -3.57. The fourth-order valence-electron chi connectivity index (χ4n) is 2.88. The van der Waals surface area contributed by atoms with Gasteiger partial charge in [0.1, 0.15) is 5.84 Å². The predicted molar refractivity (Wildman–Crippen MR) is 105 cm³/mol. The average molecular weight is 403 g/mol. The Morgan fingerprint density at radius 3 is 2.50 bits per heavy atom. The molecule has 1 aliphatic rings. The Labute approximate surface area is 161 Å². The van der Waals surface area contributed by atoms with E-state index in [1.54, 1.807) is 25.1 Å². The van der Waals surface area contributed by atoms with Crippen LogP contribution in [0.1, 0.15) is 45.6 Å².